The third-order valence-electron chi connectivity index (χ3n) is 4.45. The van der Waals surface area contributed by atoms with E-state index in [4.69, 9.17) is 4.42 Å². The second-order valence-electron chi connectivity index (χ2n) is 6.54. The number of carbonyl (C=O) groups is 1. The summed E-state index contributed by atoms with van der Waals surface area (Å²) in [4.78, 5) is 26.7. The molecule has 6 nitrogen and oxygen atoms in total. The molecule has 0 spiro atoms. The summed E-state index contributed by atoms with van der Waals surface area (Å²) in [6.45, 7) is 1.08. The molecular weight excluding hydrogens is 350 g/mol. The number of rotatable bonds is 8. The first-order valence-corrected chi connectivity index (χ1v) is 9.62. The zero-order chi connectivity index (χ0) is 18.5. The van der Waals surface area contributed by atoms with E-state index >= 15 is 0 Å². The van der Waals surface area contributed by atoms with Gasteiger partial charge >= 0.3 is 5.76 Å². The van der Waals surface area contributed by atoms with Gasteiger partial charge in [-0.15, -0.1) is 11.3 Å². The standard InChI is InChI=1S/C19H23N3O3S/c1-21(2)15(17-9-6-12-26-17)13-20-18(23)10-5-11-22-14-7-3-4-8-16(14)25-19(22)24/h3-4,6-9,12,15H,5,10-11,13H2,1-2H3,(H,20,23)/p+1/t15-/m1/s1. The van der Waals surface area contributed by atoms with Gasteiger partial charge in [-0.05, 0) is 30.0 Å². The van der Waals surface area contributed by atoms with Gasteiger partial charge in [0, 0.05) is 13.0 Å². The van der Waals surface area contributed by atoms with Gasteiger partial charge in [-0.2, -0.15) is 0 Å². The van der Waals surface area contributed by atoms with Gasteiger partial charge in [-0.3, -0.25) is 9.36 Å². The Morgan fingerprint density at radius 2 is 2.08 bits per heavy atom. The van der Waals surface area contributed by atoms with Gasteiger partial charge in [-0.25, -0.2) is 4.79 Å². The first-order chi connectivity index (χ1) is 12.6. The molecule has 0 radical (unpaired) electrons. The van der Waals surface area contributed by atoms with Gasteiger partial charge in [0.25, 0.3) is 0 Å². The zero-order valence-corrected chi connectivity index (χ0v) is 15.8. The highest BCUT2D eigenvalue weighted by atomic mass is 32.1. The van der Waals surface area contributed by atoms with Crippen molar-refractivity contribution in [2.75, 3.05) is 20.6 Å². The molecule has 0 bridgehead atoms. The van der Waals surface area contributed by atoms with Crippen LogP contribution in [0.2, 0.25) is 0 Å². The van der Waals surface area contributed by atoms with Gasteiger partial charge in [0.05, 0.1) is 31.0 Å². The predicted octanol–water partition coefficient (Wildman–Crippen LogP) is 1.44. The number of amides is 1. The third kappa shape index (κ3) is 4.23. The molecule has 2 N–H and O–H groups in total. The number of thiophene rings is 1. The zero-order valence-electron chi connectivity index (χ0n) is 15.0. The molecule has 7 heteroatoms. The molecule has 0 saturated carbocycles. The van der Waals surface area contributed by atoms with E-state index < -0.39 is 0 Å². The molecule has 1 atom stereocenters. The minimum atomic E-state index is -0.374. The number of quaternary nitrogens is 1. The molecule has 2 aromatic heterocycles. The second-order valence-corrected chi connectivity index (χ2v) is 7.52. The molecule has 2 heterocycles. The number of nitrogens with zero attached hydrogens (tertiary/aromatic N) is 1. The smallest absolute Gasteiger partial charge is 0.408 e. The molecule has 138 valence electrons. The summed E-state index contributed by atoms with van der Waals surface area (Å²) in [6.07, 6.45) is 0.972. The van der Waals surface area contributed by atoms with Gasteiger partial charge < -0.3 is 14.6 Å². The molecule has 0 unspecified atom stereocenters. The number of oxazole rings is 1. The van der Waals surface area contributed by atoms with Crippen molar-refractivity contribution < 1.29 is 14.1 Å². The predicted molar refractivity (Wildman–Crippen MR) is 103 cm³/mol. The topological polar surface area (TPSA) is 68.7 Å². The minimum Gasteiger partial charge on any atom is -0.408 e. The molecule has 26 heavy (non-hydrogen) atoms. The van der Waals surface area contributed by atoms with Crippen LogP contribution < -0.4 is 16.0 Å². The van der Waals surface area contributed by atoms with Crippen molar-refractivity contribution in [3.63, 3.8) is 0 Å². The lowest BCUT2D eigenvalue weighted by Crippen LogP contribution is -3.06. The average Bonchev–Trinajstić information content (AvgIpc) is 3.23. The summed E-state index contributed by atoms with van der Waals surface area (Å²) in [5.41, 5.74) is 1.35. The van der Waals surface area contributed by atoms with E-state index in [1.165, 1.54) is 9.78 Å². The van der Waals surface area contributed by atoms with Crippen LogP contribution in [-0.2, 0) is 11.3 Å². The Morgan fingerprint density at radius 3 is 2.81 bits per heavy atom. The van der Waals surface area contributed by atoms with Gasteiger partial charge in [0.15, 0.2) is 5.58 Å². The lowest BCUT2D eigenvalue weighted by Gasteiger charge is -2.20. The quantitative estimate of drug-likeness (QED) is 0.627. The Balaban J connectivity index is 1.51. The van der Waals surface area contributed by atoms with E-state index in [0.717, 1.165) is 5.52 Å². The van der Waals surface area contributed by atoms with Crippen molar-refractivity contribution in [2.24, 2.45) is 0 Å². The Labute approximate surface area is 156 Å². The molecule has 1 aromatic carbocycles. The summed E-state index contributed by atoms with van der Waals surface area (Å²) in [7, 11) is 4.18. The van der Waals surface area contributed by atoms with Crippen molar-refractivity contribution >= 4 is 28.3 Å². The first-order valence-electron chi connectivity index (χ1n) is 8.75. The largest absolute Gasteiger partial charge is 0.419 e. The molecule has 0 saturated heterocycles. The van der Waals surface area contributed by atoms with E-state index in [-0.39, 0.29) is 17.7 Å². The maximum absolute atomic E-state index is 12.2. The van der Waals surface area contributed by atoms with Gasteiger partial charge in [-0.1, -0.05) is 18.2 Å². The van der Waals surface area contributed by atoms with Crippen LogP contribution in [0.5, 0.6) is 0 Å². The molecule has 0 aliphatic heterocycles. The SMILES string of the molecule is C[NH+](C)[C@H](CNC(=O)CCCn1c(=O)oc2ccccc21)c1cccs1. The fraction of sp³-hybridized carbons (Fsp3) is 0.368. The van der Waals surface area contributed by atoms with Crippen molar-refractivity contribution in [1.82, 2.24) is 9.88 Å². The summed E-state index contributed by atoms with van der Waals surface area (Å²) in [5.74, 6) is -0.366. The van der Waals surface area contributed by atoms with E-state index in [1.807, 2.05) is 24.3 Å². The average molecular weight is 374 g/mol. The van der Waals surface area contributed by atoms with E-state index in [9.17, 15) is 9.59 Å². The van der Waals surface area contributed by atoms with Crippen molar-refractivity contribution in [3.8, 4) is 0 Å². The number of nitrogens with one attached hydrogen (secondary N) is 2. The maximum atomic E-state index is 12.2. The van der Waals surface area contributed by atoms with Crippen molar-refractivity contribution in [2.45, 2.75) is 25.4 Å². The first kappa shape index (κ1) is 18.4. The second kappa shape index (κ2) is 8.33. The summed E-state index contributed by atoms with van der Waals surface area (Å²) >= 11 is 1.71. The summed E-state index contributed by atoms with van der Waals surface area (Å²) in [6, 6.07) is 11.7. The number of aryl methyl sites for hydroxylation is 1. The molecule has 0 aliphatic carbocycles. The number of aromatic nitrogens is 1. The van der Waals surface area contributed by atoms with Crippen LogP contribution in [0.25, 0.3) is 11.1 Å². The maximum Gasteiger partial charge on any atom is 0.419 e. The third-order valence-corrected chi connectivity index (χ3v) is 5.43. The van der Waals surface area contributed by atoms with Crippen LogP contribution in [-0.4, -0.2) is 31.1 Å². The Kier molecular flexibility index (Phi) is 5.90. The van der Waals surface area contributed by atoms with Crippen molar-refractivity contribution in [1.29, 1.82) is 0 Å². The number of benzene rings is 1. The number of hydrogen-bond donors (Lipinski definition) is 2. The fourth-order valence-electron chi connectivity index (χ4n) is 3.01. The van der Waals surface area contributed by atoms with E-state index in [2.05, 4.69) is 30.9 Å². The molecule has 3 aromatic rings. The van der Waals surface area contributed by atoms with E-state index in [0.29, 0.717) is 31.5 Å². The molecule has 3 rings (SSSR count). The number of para-hydroxylation sites is 2. The molecule has 0 aliphatic rings. The van der Waals surface area contributed by atoms with Crippen LogP contribution in [0.15, 0.2) is 51.0 Å². The minimum absolute atomic E-state index is 0.00801. The highest BCUT2D eigenvalue weighted by Gasteiger charge is 2.19. The number of carbonyl (C=O) groups excluding carboxylic acids is 1. The van der Waals surface area contributed by atoms with Gasteiger partial charge in [0.1, 0.15) is 6.04 Å². The summed E-state index contributed by atoms with van der Waals surface area (Å²) < 4.78 is 6.79. The summed E-state index contributed by atoms with van der Waals surface area (Å²) in [5, 5.41) is 5.08. The number of likely N-dealkylation sites (N-methyl/N-ethyl adjacent to an activating group) is 1. The monoisotopic (exact) mass is 374 g/mol. The number of hydrogen-bond acceptors (Lipinski definition) is 4. The molecule has 0 fully saturated rings. The fourth-order valence-corrected chi connectivity index (χ4v) is 3.96. The van der Waals surface area contributed by atoms with E-state index in [1.54, 1.807) is 22.0 Å². The Hall–Kier alpha value is -2.38. The lowest BCUT2D eigenvalue weighted by atomic mass is 10.2. The molecular formula is C19H24N3O3S+. The van der Waals surface area contributed by atoms with Crippen LogP contribution in [0.1, 0.15) is 23.8 Å². The Morgan fingerprint density at radius 1 is 1.27 bits per heavy atom. The van der Waals surface area contributed by atoms with Crippen LogP contribution >= 0.6 is 11.3 Å². The van der Waals surface area contributed by atoms with Gasteiger partial charge in [0.2, 0.25) is 5.91 Å². The lowest BCUT2D eigenvalue weighted by molar-refractivity contribution is -0.890. The highest BCUT2D eigenvalue weighted by molar-refractivity contribution is 7.10. The van der Waals surface area contributed by atoms with Crippen LogP contribution in [0, 0.1) is 0 Å². The van der Waals surface area contributed by atoms with Crippen LogP contribution in [0.3, 0.4) is 0 Å². The molecule has 1 amide bonds. The highest BCUT2D eigenvalue weighted by Crippen LogP contribution is 2.16. The number of fused-ring (bicyclic) bond motifs is 1. The normalized spacial score (nSPS) is 12.6. The van der Waals surface area contributed by atoms with Crippen LogP contribution in [0.4, 0.5) is 0 Å². The van der Waals surface area contributed by atoms with Crippen molar-refractivity contribution in [3.05, 3.63) is 57.2 Å². The Bertz CT molecular complexity index is 912.